The molecule has 0 aliphatic heterocycles. The number of aromatic nitrogens is 5. The first-order valence-electron chi connectivity index (χ1n) is 7.50. The van der Waals surface area contributed by atoms with Gasteiger partial charge in [-0.15, -0.1) is 0 Å². The van der Waals surface area contributed by atoms with Gasteiger partial charge < -0.3 is 5.32 Å². The van der Waals surface area contributed by atoms with Crippen molar-refractivity contribution in [3.63, 3.8) is 0 Å². The van der Waals surface area contributed by atoms with Gasteiger partial charge in [-0.3, -0.25) is 14.0 Å². The average molecular weight is 379 g/mol. The molecule has 3 heterocycles. The van der Waals surface area contributed by atoms with Crippen LogP contribution in [0.4, 0.5) is 5.69 Å². The lowest BCUT2D eigenvalue weighted by Gasteiger charge is -2.07. The zero-order valence-electron chi connectivity index (χ0n) is 13.9. The predicted molar refractivity (Wildman–Crippen MR) is 96.4 cm³/mol. The first kappa shape index (κ1) is 17.4. The van der Waals surface area contributed by atoms with Crippen LogP contribution in [0.5, 0.6) is 0 Å². The van der Waals surface area contributed by atoms with Crippen LogP contribution in [-0.4, -0.2) is 30.2 Å². The number of amides is 1. The monoisotopic (exact) mass is 378 g/mol. The lowest BCUT2D eigenvalue weighted by Crippen LogP contribution is -2.15. The number of nitrogens with one attached hydrogen (secondary N) is 1. The second kappa shape index (κ2) is 6.85. The Kier molecular flexibility index (Phi) is 4.78. The van der Waals surface area contributed by atoms with Crippen molar-refractivity contribution >= 4 is 34.8 Å². The van der Waals surface area contributed by atoms with Crippen molar-refractivity contribution in [1.29, 1.82) is 0 Å². The van der Waals surface area contributed by atoms with Gasteiger partial charge in [0.05, 0.1) is 24.0 Å². The van der Waals surface area contributed by atoms with Gasteiger partial charge in [-0.25, -0.2) is 9.97 Å². The molecule has 3 aromatic rings. The number of anilines is 1. The van der Waals surface area contributed by atoms with Crippen molar-refractivity contribution in [2.24, 2.45) is 7.05 Å². The van der Waals surface area contributed by atoms with Crippen molar-refractivity contribution in [2.45, 2.75) is 20.3 Å². The smallest absolute Gasteiger partial charge is 0.228 e. The van der Waals surface area contributed by atoms with Gasteiger partial charge in [0, 0.05) is 18.3 Å². The average Bonchev–Trinajstić information content (AvgIpc) is 3.02. The molecule has 0 spiro atoms. The van der Waals surface area contributed by atoms with Crippen LogP contribution in [0.25, 0.3) is 5.82 Å². The molecule has 9 heteroatoms. The molecule has 3 aromatic heterocycles. The lowest BCUT2D eigenvalue weighted by molar-refractivity contribution is -0.115. The fourth-order valence-electron chi connectivity index (χ4n) is 2.51. The third kappa shape index (κ3) is 3.52. The van der Waals surface area contributed by atoms with E-state index in [2.05, 4.69) is 20.4 Å². The van der Waals surface area contributed by atoms with Crippen molar-refractivity contribution in [1.82, 2.24) is 24.3 Å². The van der Waals surface area contributed by atoms with Gasteiger partial charge in [-0.2, -0.15) is 5.10 Å². The van der Waals surface area contributed by atoms with Crippen LogP contribution in [-0.2, 0) is 18.3 Å². The number of carbonyl (C=O) groups is 1. The number of halogens is 2. The molecule has 130 valence electrons. The number of hydrogen-bond donors (Lipinski definition) is 1. The quantitative estimate of drug-likeness (QED) is 0.756. The normalized spacial score (nSPS) is 10.9. The van der Waals surface area contributed by atoms with Crippen LogP contribution in [0.2, 0.25) is 10.3 Å². The fraction of sp³-hybridized carbons (Fsp3) is 0.250. The molecular weight excluding hydrogens is 363 g/mol. The second-order valence-corrected chi connectivity index (χ2v) is 6.32. The molecule has 0 saturated heterocycles. The standard InChI is InChI=1S/C16H16Cl2N6O/c1-9-12(10(2)23(3)22-9)6-14(25)21-11-4-5-13(19-7-11)24-8-20-15(17)16(24)18/h4-5,7-8H,6H2,1-3H3,(H,21,25). The van der Waals surface area contributed by atoms with Crippen molar-refractivity contribution in [2.75, 3.05) is 5.32 Å². The SMILES string of the molecule is Cc1nn(C)c(C)c1CC(=O)Nc1ccc(-n2cnc(Cl)c2Cl)nc1. The molecule has 1 N–H and O–H groups in total. The van der Waals surface area contributed by atoms with E-state index in [9.17, 15) is 4.79 Å². The Balaban J connectivity index is 1.71. The van der Waals surface area contributed by atoms with Gasteiger partial charge in [0.25, 0.3) is 0 Å². The Morgan fingerprint density at radius 2 is 2.00 bits per heavy atom. The molecule has 3 rings (SSSR count). The van der Waals surface area contributed by atoms with Gasteiger partial charge in [-0.1, -0.05) is 23.2 Å². The van der Waals surface area contributed by atoms with E-state index in [1.54, 1.807) is 27.6 Å². The van der Waals surface area contributed by atoms with Gasteiger partial charge in [-0.05, 0) is 26.0 Å². The summed E-state index contributed by atoms with van der Waals surface area (Å²) in [4.78, 5) is 20.5. The van der Waals surface area contributed by atoms with E-state index in [4.69, 9.17) is 23.2 Å². The Labute approximate surface area is 154 Å². The fourth-order valence-corrected chi connectivity index (χ4v) is 2.83. The molecule has 0 atom stereocenters. The minimum absolute atomic E-state index is 0.127. The Morgan fingerprint density at radius 3 is 2.52 bits per heavy atom. The number of rotatable bonds is 4. The zero-order chi connectivity index (χ0) is 18.1. The van der Waals surface area contributed by atoms with E-state index in [1.807, 2.05) is 20.9 Å². The second-order valence-electron chi connectivity index (χ2n) is 5.60. The molecule has 0 unspecified atom stereocenters. The summed E-state index contributed by atoms with van der Waals surface area (Å²) in [6.45, 7) is 3.84. The van der Waals surface area contributed by atoms with Crippen LogP contribution < -0.4 is 5.32 Å². The minimum atomic E-state index is -0.127. The zero-order valence-corrected chi connectivity index (χ0v) is 15.4. The molecule has 0 fully saturated rings. The molecule has 25 heavy (non-hydrogen) atoms. The predicted octanol–water partition coefficient (Wildman–Crippen LogP) is 3.11. The highest BCUT2D eigenvalue weighted by atomic mass is 35.5. The summed E-state index contributed by atoms with van der Waals surface area (Å²) in [6.07, 6.45) is 3.30. The molecule has 1 amide bonds. The van der Waals surface area contributed by atoms with E-state index >= 15 is 0 Å². The molecule has 0 saturated carbocycles. The van der Waals surface area contributed by atoms with E-state index in [1.165, 1.54) is 6.33 Å². The molecular formula is C16H16Cl2N6O. The Bertz CT molecular complexity index is 929. The number of pyridine rings is 1. The maximum atomic E-state index is 12.3. The van der Waals surface area contributed by atoms with Crippen LogP contribution in [0.15, 0.2) is 24.7 Å². The van der Waals surface area contributed by atoms with Crippen LogP contribution in [0.3, 0.4) is 0 Å². The van der Waals surface area contributed by atoms with E-state index in [0.717, 1.165) is 17.0 Å². The topological polar surface area (TPSA) is 77.6 Å². The van der Waals surface area contributed by atoms with E-state index in [-0.39, 0.29) is 22.6 Å². The maximum Gasteiger partial charge on any atom is 0.228 e. The summed E-state index contributed by atoms with van der Waals surface area (Å²) in [6, 6.07) is 3.47. The summed E-state index contributed by atoms with van der Waals surface area (Å²) in [5.41, 5.74) is 3.36. The van der Waals surface area contributed by atoms with Gasteiger partial charge >= 0.3 is 0 Å². The Hall–Kier alpha value is -2.38. The highest BCUT2D eigenvalue weighted by Crippen LogP contribution is 2.23. The first-order valence-corrected chi connectivity index (χ1v) is 8.26. The number of imidazole rings is 1. The van der Waals surface area contributed by atoms with E-state index in [0.29, 0.717) is 11.5 Å². The summed E-state index contributed by atoms with van der Waals surface area (Å²) in [5.74, 6) is 0.429. The third-order valence-electron chi connectivity index (χ3n) is 3.94. The molecule has 0 radical (unpaired) electrons. The molecule has 7 nitrogen and oxygen atoms in total. The first-order chi connectivity index (χ1) is 11.9. The van der Waals surface area contributed by atoms with Gasteiger partial charge in [0.1, 0.15) is 12.1 Å². The highest BCUT2D eigenvalue weighted by Gasteiger charge is 2.14. The summed E-state index contributed by atoms with van der Waals surface area (Å²) in [5, 5.41) is 7.65. The van der Waals surface area contributed by atoms with Crippen LogP contribution in [0.1, 0.15) is 17.0 Å². The van der Waals surface area contributed by atoms with Crippen molar-refractivity contribution in [3.05, 3.63) is 51.9 Å². The number of hydrogen-bond acceptors (Lipinski definition) is 4. The van der Waals surface area contributed by atoms with Crippen LogP contribution >= 0.6 is 23.2 Å². The van der Waals surface area contributed by atoms with E-state index < -0.39 is 0 Å². The molecule has 0 aliphatic rings. The van der Waals surface area contributed by atoms with Crippen LogP contribution in [0, 0.1) is 13.8 Å². The number of aryl methyl sites for hydroxylation is 2. The number of carbonyl (C=O) groups excluding carboxylic acids is 1. The molecule has 0 aromatic carbocycles. The van der Waals surface area contributed by atoms with Crippen molar-refractivity contribution < 1.29 is 4.79 Å². The largest absolute Gasteiger partial charge is 0.324 e. The summed E-state index contributed by atoms with van der Waals surface area (Å²) < 4.78 is 3.33. The van der Waals surface area contributed by atoms with Crippen molar-refractivity contribution in [3.8, 4) is 5.82 Å². The third-order valence-corrected chi connectivity index (χ3v) is 4.68. The minimum Gasteiger partial charge on any atom is -0.324 e. The summed E-state index contributed by atoms with van der Waals surface area (Å²) >= 11 is 11.9. The summed E-state index contributed by atoms with van der Waals surface area (Å²) in [7, 11) is 1.86. The lowest BCUT2D eigenvalue weighted by atomic mass is 10.1. The van der Waals surface area contributed by atoms with Gasteiger partial charge in [0.15, 0.2) is 10.3 Å². The molecule has 0 aliphatic carbocycles. The highest BCUT2D eigenvalue weighted by molar-refractivity contribution is 6.40. The Morgan fingerprint density at radius 1 is 1.24 bits per heavy atom. The maximum absolute atomic E-state index is 12.3. The molecule has 0 bridgehead atoms. The van der Waals surface area contributed by atoms with Gasteiger partial charge in [0.2, 0.25) is 5.91 Å². The number of nitrogens with zero attached hydrogens (tertiary/aromatic N) is 5.